The Balaban J connectivity index is 1.97. The van der Waals surface area contributed by atoms with Gasteiger partial charge in [0.25, 0.3) is 5.82 Å². The summed E-state index contributed by atoms with van der Waals surface area (Å²) in [5.41, 5.74) is 0.879. The number of hydrogen-bond acceptors (Lipinski definition) is 4. The van der Waals surface area contributed by atoms with Crippen LogP contribution in [0.3, 0.4) is 0 Å². The van der Waals surface area contributed by atoms with Crippen molar-refractivity contribution >= 4 is 11.6 Å². The van der Waals surface area contributed by atoms with E-state index < -0.39 is 6.04 Å². The van der Waals surface area contributed by atoms with E-state index in [0.717, 1.165) is 37.0 Å². The fourth-order valence-corrected chi connectivity index (χ4v) is 3.26. The minimum Gasteiger partial charge on any atom is -0.497 e. The lowest BCUT2D eigenvalue weighted by molar-refractivity contribution is -0.699. The zero-order valence-electron chi connectivity index (χ0n) is 13.1. The smallest absolute Gasteiger partial charge is 0.298 e. The molecule has 1 N–H and O–H groups in total. The highest BCUT2D eigenvalue weighted by Gasteiger charge is 2.34. The Morgan fingerprint density at radius 3 is 2.57 bits per heavy atom. The molecule has 6 nitrogen and oxygen atoms in total. The number of ether oxygens (including phenoxy) is 1. The molecule has 1 saturated carbocycles. The van der Waals surface area contributed by atoms with Crippen molar-refractivity contribution in [2.75, 3.05) is 7.11 Å². The van der Waals surface area contributed by atoms with Crippen LogP contribution in [0.2, 0.25) is 0 Å². The van der Waals surface area contributed by atoms with Crippen LogP contribution in [-0.2, 0) is 4.79 Å². The first-order chi connectivity index (χ1) is 11.2. The highest BCUT2D eigenvalue weighted by Crippen LogP contribution is 2.31. The third kappa shape index (κ3) is 3.16. The third-order valence-electron chi connectivity index (χ3n) is 4.49. The van der Waals surface area contributed by atoms with Gasteiger partial charge in [-0.3, -0.25) is 4.79 Å². The average molecular weight is 314 g/mol. The Morgan fingerprint density at radius 2 is 2.00 bits per heavy atom. The Morgan fingerprint density at radius 1 is 1.30 bits per heavy atom. The number of nitrogens with one attached hydrogen (secondary N) is 1. The SMILES string of the molecule is COc1ccc(C(C(=O)C2CCCC2)[n+]2c[nH]c(N=O)c2)cc1. The molecule has 6 heteroatoms. The topological polar surface area (TPSA) is 75.4 Å². The molecule has 0 amide bonds. The quantitative estimate of drug-likeness (QED) is 0.657. The Bertz CT molecular complexity index is 687. The van der Waals surface area contributed by atoms with E-state index in [1.807, 2.05) is 24.3 Å². The molecule has 1 aromatic carbocycles. The van der Waals surface area contributed by atoms with Crippen molar-refractivity contribution in [1.82, 2.24) is 4.98 Å². The minimum absolute atomic E-state index is 0.0807. The first-order valence-electron chi connectivity index (χ1n) is 7.83. The molecule has 1 atom stereocenters. The Hall–Kier alpha value is -2.50. The molecule has 120 valence electrons. The maximum Gasteiger partial charge on any atom is 0.298 e. The highest BCUT2D eigenvalue weighted by atomic mass is 16.5. The summed E-state index contributed by atoms with van der Waals surface area (Å²) in [6.07, 6.45) is 7.28. The minimum atomic E-state index is -0.448. The second-order valence-corrected chi connectivity index (χ2v) is 5.89. The lowest BCUT2D eigenvalue weighted by Crippen LogP contribution is -2.44. The van der Waals surface area contributed by atoms with E-state index in [4.69, 9.17) is 4.74 Å². The maximum absolute atomic E-state index is 13.0. The zero-order valence-corrected chi connectivity index (χ0v) is 13.1. The summed E-state index contributed by atoms with van der Waals surface area (Å²) in [5.74, 6) is 1.23. The van der Waals surface area contributed by atoms with E-state index in [-0.39, 0.29) is 17.5 Å². The van der Waals surface area contributed by atoms with Gasteiger partial charge in [0.05, 0.1) is 7.11 Å². The predicted molar refractivity (Wildman–Crippen MR) is 84.5 cm³/mol. The number of ketones is 1. The number of aromatic amines is 1. The summed E-state index contributed by atoms with van der Waals surface area (Å²) in [5, 5.41) is 2.89. The van der Waals surface area contributed by atoms with Gasteiger partial charge in [-0.2, -0.15) is 0 Å². The number of carbonyl (C=O) groups excluding carboxylic acids is 1. The van der Waals surface area contributed by atoms with E-state index in [2.05, 4.69) is 10.2 Å². The van der Waals surface area contributed by atoms with E-state index in [0.29, 0.717) is 0 Å². The summed E-state index contributed by atoms with van der Waals surface area (Å²) < 4.78 is 6.92. The van der Waals surface area contributed by atoms with Gasteiger partial charge in [-0.05, 0) is 25.0 Å². The molecule has 1 aliphatic carbocycles. The van der Waals surface area contributed by atoms with Crippen LogP contribution in [0.4, 0.5) is 5.82 Å². The summed E-state index contributed by atoms with van der Waals surface area (Å²) >= 11 is 0. The second kappa shape index (κ2) is 6.73. The van der Waals surface area contributed by atoms with Crippen LogP contribution >= 0.6 is 0 Å². The van der Waals surface area contributed by atoms with Crippen LogP contribution in [-0.4, -0.2) is 17.9 Å². The largest absolute Gasteiger partial charge is 0.497 e. The monoisotopic (exact) mass is 314 g/mol. The number of aromatic nitrogens is 2. The van der Waals surface area contributed by atoms with Crippen molar-refractivity contribution in [2.24, 2.45) is 11.1 Å². The molecule has 0 bridgehead atoms. The summed E-state index contributed by atoms with van der Waals surface area (Å²) in [6.45, 7) is 0. The normalized spacial score (nSPS) is 16.2. The van der Waals surface area contributed by atoms with Gasteiger partial charge in [0, 0.05) is 16.7 Å². The number of imidazole rings is 1. The fraction of sp³-hybridized carbons (Fsp3) is 0.412. The molecular formula is C17H20N3O3+. The summed E-state index contributed by atoms with van der Waals surface area (Å²) in [4.78, 5) is 26.5. The van der Waals surface area contributed by atoms with E-state index in [1.54, 1.807) is 24.2 Å². The van der Waals surface area contributed by atoms with Crippen molar-refractivity contribution < 1.29 is 14.1 Å². The van der Waals surface area contributed by atoms with Crippen molar-refractivity contribution in [1.29, 1.82) is 0 Å². The van der Waals surface area contributed by atoms with Gasteiger partial charge >= 0.3 is 0 Å². The van der Waals surface area contributed by atoms with Crippen LogP contribution in [0.5, 0.6) is 5.75 Å². The Kier molecular flexibility index (Phi) is 4.50. The fourth-order valence-electron chi connectivity index (χ4n) is 3.26. The van der Waals surface area contributed by atoms with E-state index >= 15 is 0 Å². The number of hydrogen-bond donors (Lipinski definition) is 1. The molecular weight excluding hydrogens is 294 g/mol. The molecule has 1 aliphatic rings. The number of rotatable bonds is 6. The molecule has 1 fully saturated rings. The molecule has 23 heavy (non-hydrogen) atoms. The molecule has 1 heterocycles. The first-order valence-corrected chi connectivity index (χ1v) is 7.83. The number of methoxy groups -OCH3 is 1. The van der Waals surface area contributed by atoms with Gasteiger partial charge in [0.2, 0.25) is 6.33 Å². The molecule has 2 aromatic rings. The van der Waals surface area contributed by atoms with Gasteiger partial charge in [0.1, 0.15) is 5.75 Å². The Labute approximate surface area is 134 Å². The number of H-pyrrole nitrogens is 1. The molecule has 1 unspecified atom stereocenters. The number of nitrogens with zero attached hydrogens (tertiary/aromatic N) is 2. The van der Waals surface area contributed by atoms with E-state index in [1.165, 1.54) is 0 Å². The molecule has 0 aliphatic heterocycles. The standard InChI is InChI=1S/C17H19N3O3/c1-23-14-8-6-12(7-9-14)16(17(21)13-4-2-3-5-13)20-10-15(19-22)18-11-20/h6-11,13,16H,2-5H2,1H3/p+1. The average Bonchev–Trinajstić information content (AvgIpc) is 3.27. The van der Waals surface area contributed by atoms with Crippen molar-refractivity contribution in [3.63, 3.8) is 0 Å². The van der Waals surface area contributed by atoms with Gasteiger partial charge in [0.15, 0.2) is 18.0 Å². The van der Waals surface area contributed by atoms with Crippen LogP contribution in [0, 0.1) is 10.8 Å². The van der Waals surface area contributed by atoms with Crippen LogP contribution in [0.15, 0.2) is 42.0 Å². The summed E-state index contributed by atoms with van der Waals surface area (Å²) in [7, 11) is 1.61. The van der Waals surface area contributed by atoms with Crippen LogP contribution in [0.25, 0.3) is 0 Å². The van der Waals surface area contributed by atoms with Crippen molar-refractivity contribution in [3.8, 4) is 5.75 Å². The van der Waals surface area contributed by atoms with Crippen molar-refractivity contribution in [3.05, 3.63) is 47.3 Å². The molecule has 0 spiro atoms. The molecule has 1 aromatic heterocycles. The molecule has 0 radical (unpaired) electrons. The summed E-state index contributed by atoms with van der Waals surface area (Å²) in [6, 6.07) is 7.03. The maximum atomic E-state index is 13.0. The van der Waals surface area contributed by atoms with E-state index in [9.17, 15) is 9.70 Å². The van der Waals surface area contributed by atoms with Crippen LogP contribution < -0.4 is 9.30 Å². The number of benzene rings is 1. The van der Waals surface area contributed by atoms with Gasteiger partial charge in [-0.1, -0.05) is 25.0 Å². The third-order valence-corrected chi connectivity index (χ3v) is 4.49. The lowest BCUT2D eigenvalue weighted by Gasteiger charge is -2.17. The molecule has 0 saturated heterocycles. The number of Topliss-reactive ketones (excluding diaryl/α,β-unsaturated/α-hetero) is 1. The van der Waals surface area contributed by atoms with Crippen LogP contribution in [0.1, 0.15) is 37.3 Å². The van der Waals surface area contributed by atoms with Crippen molar-refractivity contribution in [2.45, 2.75) is 31.7 Å². The number of carbonyl (C=O) groups is 1. The first kappa shape index (κ1) is 15.4. The second-order valence-electron chi connectivity index (χ2n) is 5.89. The number of nitroso groups, excluding NO2 is 1. The highest BCUT2D eigenvalue weighted by molar-refractivity contribution is 5.86. The zero-order chi connectivity index (χ0) is 16.2. The lowest BCUT2D eigenvalue weighted by atomic mass is 9.92. The molecule has 3 rings (SSSR count). The predicted octanol–water partition coefficient (Wildman–Crippen LogP) is 3.06. The van der Waals surface area contributed by atoms with Gasteiger partial charge in [-0.25, -0.2) is 9.55 Å². The van der Waals surface area contributed by atoms with Gasteiger partial charge < -0.3 is 4.74 Å². The van der Waals surface area contributed by atoms with Gasteiger partial charge in [-0.15, -0.1) is 4.91 Å².